The zero-order valence-corrected chi connectivity index (χ0v) is 22.7. The van der Waals surface area contributed by atoms with Gasteiger partial charge < -0.3 is 29.7 Å². The number of likely N-dealkylation sites (tertiary alicyclic amines) is 1. The average Bonchev–Trinajstić information content (AvgIpc) is 3.69. The van der Waals surface area contributed by atoms with E-state index in [1.165, 1.54) is 23.7 Å². The summed E-state index contributed by atoms with van der Waals surface area (Å²) in [5.74, 6) is 1.61. The number of fused-ring (bicyclic) bond motifs is 2. The van der Waals surface area contributed by atoms with Crippen LogP contribution in [0.3, 0.4) is 0 Å². The summed E-state index contributed by atoms with van der Waals surface area (Å²) >= 11 is 0. The van der Waals surface area contributed by atoms with Crippen molar-refractivity contribution in [2.75, 3.05) is 57.2 Å². The molecule has 3 heterocycles. The molecule has 1 saturated heterocycles. The number of nitrogens with zero attached hydrogens (tertiary/aromatic N) is 5. The molecule has 2 N–H and O–H groups in total. The van der Waals surface area contributed by atoms with Crippen LogP contribution in [-0.2, 0) is 6.54 Å². The Morgan fingerprint density at radius 2 is 1.89 bits per heavy atom. The van der Waals surface area contributed by atoms with E-state index in [1.807, 2.05) is 29.3 Å². The van der Waals surface area contributed by atoms with Gasteiger partial charge in [-0.3, -0.25) is 9.79 Å². The molecule has 8 heteroatoms. The number of nitrogens with two attached hydrogens (primary N) is 1. The number of hydrogen-bond donors (Lipinski definition) is 1. The number of anilines is 2. The quantitative estimate of drug-likeness (QED) is 0.498. The fourth-order valence-corrected chi connectivity index (χ4v) is 5.81. The van der Waals surface area contributed by atoms with Gasteiger partial charge in [-0.1, -0.05) is 0 Å². The van der Waals surface area contributed by atoms with Crippen molar-refractivity contribution in [3.05, 3.63) is 47.7 Å². The Labute approximate surface area is 224 Å². The summed E-state index contributed by atoms with van der Waals surface area (Å²) < 4.78 is 7.88. The molecular formula is C30H38N6O2. The molecular weight excluding hydrogens is 476 g/mol. The molecule has 2 aromatic carbocycles. The Balaban J connectivity index is 1.42. The minimum atomic E-state index is 0.0379. The van der Waals surface area contributed by atoms with E-state index < -0.39 is 0 Å². The number of piperidine rings is 1. The monoisotopic (exact) mass is 514 g/mol. The Morgan fingerprint density at radius 3 is 2.66 bits per heavy atom. The Hall–Kier alpha value is -3.52. The van der Waals surface area contributed by atoms with Crippen LogP contribution in [0, 0.1) is 5.92 Å². The van der Waals surface area contributed by atoms with E-state index in [-0.39, 0.29) is 11.9 Å². The lowest BCUT2D eigenvalue weighted by molar-refractivity contribution is 0.0709. The molecule has 3 aromatic rings. The van der Waals surface area contributed by atoms with Gasteiger partial charge in [-0.2, -0.15) is 0 Å². The third-order valence-corrected chi connectivity index (χ3v) is 8.24. The molecule has 1 atom stereocenters. The van der Waals surface area contributed by atoms with Crippen LogP contribution in [0.5, 0.6) is 5.75 Å². The smallest absolute Gasteiger partial charge is 0.254 e. The number of amides is 1. The molecule has 2 fully saturated rings. The van der Waals surface area contributed by atoms with Gasteiger partial charge in [-0.15, -0.1) is 0 Å². The van der Waals surface area contributed by atoms with Crippen LogP contribution < -0.4 is 20.3 Å². The minimum absolute atomic E-state index is 0.0379. The van der Waals surface area contributed by atoms with E-state index >= 15 is 0 Å². The molecule has 3 aliphatic rings. The maximum absolute atomic E-state index is 13.6. The summed E-state index contributed by atoms with van der Waals surface area (Å²) in [5, 5.41) is 1.18. The largest absolute Gasteiger partial charge is 0.497 e. The van der Waals surface area contributed by atoms with Gasteiger partial charge in [0.2, 0.25) is 0 Å². The van der Waals surface area contributed by atoms with Crippen molar-refractivity contribution in [1.29, 1.82) is 0 Å². The van der Waals surface area contributed by atoms with Crippen LogP contribution in [0.15, 0.2) is 41.4 Å². The lowest BCUT2D eigenvalue weighted by atomic mass is 10.0. The average molecular weight is 515 g/mol. The number of aromatic nitrogens is 1. The normalized spacial score (nSPS) is 19.9. The molecule has 0 radical (unpaired) electrons. The van der Waals surface area contributed by atoms with Crippen molar-refractivity contribution in [1.82, 2.24) is 9.47 Å². The standard InChI is InChI=1S/C30H38N6O2/c1-33-11-12-34(2)29-26(14-22(15-28(29)33)30(37)35-10-4-5-23(31)19-35)32-17-24-13-21-8-9-25(38-3)16-27(21)36(24)18-20-6-7-20/h8-9,13-17,20,23H,4-7,10-12,18-19,31H2,1-3H3/b32-17+. The van der Waals surface area contributed by atoms with Crippen LogP contribution in [0.1, 0.15) is 41.7 Å². The number of hydrogen-bond acceptors (Lipinski definition) is 6. The van der Waals surface area contributed by atoms with Gasteiger partial charge in [0.05, 0.1) is 41.6 Å². The molecule has 38 heavy (non-hydrogen) atoms. The number of benzene rings is 2. The fraction of sp³-hybridized carbons (Fsp3) is 0.467. The number of ether oxygens (including phenoxy) is 1. The molecule has 1 unspecified atom stereocenters. The molecule has 1 saturated carbocycles. The maximum Gasteiger partial charge on any atom is 0.254 e. The molecule has 200 valence electrons. The van der Waals surface area contributed by atoms with E-state index in [4.69, 9.17) is 15.5 Å². The highest BCUT2D eigenvalue weighted by Crippen LogP contribution is 2.42. The lowest BCUT2D eigenvalue weighted by Crippen LogP contribution is -2.45. The van der Waals surface area contributed by atoms with E-state index in [1.54, 1.807) is 7.11 Å². The van der Waals surface area contributed by atoms with Crippen LogP contribution in [0.4, 0.5) is 17.1 Å². The number of methoxy groups -OCH3 is 1. The molecule has 1 amide bonds. The fourth-order valence-electron chi connectivity index (χ4n) is 5.81. The van der Waals surface area contributed by atoms with Crippen molar-refractivity contribution < 1.29 is 9.53 Å². The first-order valence-electron chi connectivity index (χ1n) is 13.8. The van der Waals surface area contributed by atoms with Crippen LogP contribution in [0.25, 0.3) is 10.9 Å². The minimum Gasteiger partial charge on any atom is -0.497 e. The zero-order chi connectivity index (χ0) is 26.4. The number of carbonyl (C=O) groups is 1. The molecule has 0 bridgehead atoms. The first kappa shape index (κ1) is 24.8. The summed E-state index contributed by atoms with van der Waals surface area (Å²) in [4.78, 5) is 25.0. The third-order valence-electron chi connectivity index (χ3n) is 8.24. The Morgan fingerprint density at radius 1 is 1.08 bits per heavy atom. The highest BCUT2D eigenvalue weighted by atomic mass is 16.5. The lowest BCUT2D eigenvalue weighted by Gasteiger charge is -2.36. The van der Waals surface area contributed by atoms with E-state index in [2.05, 4.69) is 46.7 Å². The third kappa shape index (κ3) is 4.73. The number of likely N-dealkylation sites (N-methyl/N-ethyl adjacent to an activating group) is 2. The number of rotatable bonds is 6. The summed E-state index contributed by atoms with van der Waals surface area (Å²) in [6.07, 6.45) is 6.43. The summed E-state index contributed by atoms with van der Waals surface area (Å²) in [5.41, 5.74) is 12.0. The second kappa shape index (κ2) is 9.98. The molecule has 1 aliphatic carbocycles. The van der Waals surface area contributed by atoms with Crippen LogP contribution in [-0.4, -0.2) is 75.0 Å². The summed E-state index contributed by atoms with van der Waals surface area (Å²) in [6, 6.07) is 12.5. The van der Waals surface area contributed by atoms with Crippen LogP contribution in [0.2, 0.25) is 0 Å². The second-order valence-electron chi connectivity index (χ2n) is 11.2. The highest BCUT2D eigenvalue weighted by Gasteiger charge is 2.28. The Kier molecular flexibility index (Phi) is 6.51. The Bertz CT molecular complexity index is 1390. The summed E-state index contributed by atoms with van der Waals surface area (Å²) in [6.45, 7) is 4.14. The van der Waals surface area contributed by atoms with Crippen molar-refractivity contribution in [3.8, 4) is 5.75 Å². The van der Waals surface area contributed by atoms with Gasteiger partial charge in [0, 0.05) is 69.9 Å². The molecule has 6 rings (SSSR count). The van der Waals surface area contributed by atoms with Gasteiger partial charge in [-0.05, 0) is 61.9 Å². The van der Waals surface area contributed by atoms with Gasteiger partial charge in [0.25, 0.3) is 5.91 Å². The van der Waals surface area contributed by atoms with Gasteiger partial charge in [0.15, 0.2) is 0 Å². The second-order valence-corrected chi connectivity index (χ2v) is 11.2. The predicted molar refractivity (Wildman–Crippen MR) is 155 cm³/mol. The van der Waals surface area contributed by atoms with E-state index in [0.29, 0.717) is 18.0 Å². The molecule has 0 spiro atoms. The van der Waals surface area contributed by atoms with Crippen molar-refractivity contribution >= 4 is 40.1 Å². The molecule has 2 aliphatic heterocycles. The zero-order valence-electron chi connectivity index (χ0n) is 22.7. The van der Waals surface area contributed by atoms with E-state index in [9.17, 15) is 4.79 Å². The maximum atomic E-state index is 13.6. The number of carbonyl (C=O) groups excluding carboxylic acids is 1. The van der Waals surface area contributed by atoms with Crippen molar-refractivity contribution in [2.45, 2.75) is 38.3 Å². The molecule has 8 nitrogen and oxygen atoms in total. The van der Waals surface area contributed by atoms with Gasteiger partial charge in [0.1, 0.15) is 5.75 Å². The van der Waals surface area contributed by atoms with Crippen molar-refractivity contribution in [2.24, 2.45) is 16.6 Å². The first-order chi connectivity index (χ1) is 18.4. The van der Waals surface area contributed by atoms with Gasteiger partial charge in [-0.25, -0.2) is 0 Å². The van der Waals surface area contributed by atoms with Crippen LogP contribution >= 0.6 is 0 Å². The summed E-state index contributed by atoms with van der Waals surface area (Å²) in [7, 11) is 5.90. The first-order valence-corrected chi connectivity index (χ1v) is 13.8. The molecule has 1 aromatic heterocycles. The van der Waals surface area contributed by atoms with E-state index in [0.717, 1.165) is 67.5 Å². The topological polar surface area (TPSA) is 79.3 Å². The number of aliphatic imine (C=N–C) groups is 1. The SMILES string of the molecule is COc1ccc2cc(/C=N/c3cc(C(=O)N4CCCC(N)C4)cc4c3N(C)CCN4C)n(CC3CC3)c2c1. The van der Waals surface area contributed by atoms with Crippen molar-refractivity contribution in [3.63, 3.8) is 0 Å². The predicted octanol–water partition coefficient (Wildman–Crippen LogP) is 4.26. The highest BCUT2D eigenvalue weighted by molar-refractivity contribution is 6.01. The van der Waals surface area contributed by atoms with Gasteiger partial charge >= 0.3 is 0 Å².